The van der Waals surface area contributed by atoms with Gasteiger partial charge in [-0.1, -0.05) is 12.2 Å². The molecule has 0 aliphatic carbocycles. The molecule has 1 heterocycles. The lowest BCUT2D eigenvalue weighted by Crippen LogP contribution is -2.07. The molecular formula is C14H14N2O3. The summed E-state index contributed by atoms with van der Waals surface area (Å²) in [5.74, 6) is -0.792. The van der Waals surface area contributed by atoms with Crippen molar-refractivity contribution < 1.29 is 14.3 Å². The van der Waals surface area contributed by atoms with Crippen molar-refractivity contribution in [1.29, 1.82) is 0 Å². The second-order valence-corrected chi connectivity index (χ2v) is 4.07. The van der Waals surface area contributed by atoms with Crippen LogP contribution >= 0.6 is 0 Å². The van der Waals surface area contributed by atoms with Crippen molar-refractivity contribution in [2.75, 3.05) is 7.11 Å². The number of fused-ring (bicyclic) bond motifs is 1. The van der Waals surface area contributed by atoms with Crippen molar-refractivity contribution in [3.05, 3.63) is 41.6 Å². The third-order valence-corrected chi connectivity index (χ3v) is 2.73. The van der Waals surface area contributed by atoms with Gasteiger partial charge in [-0.15, -0.1) is 0 Å². The molecule has 1 aromatic heterocycles. The van der Waals surface area contributed by atoms with E-state index in [1.165, 1.54) is 7.11 Å². The molecule has 1 aromatic carbocycles. The Morgan fingerprint density at radius 1 is 1.42 bits per heavy atom. The van der Waals surface area contributed by atoms with Gasteiger partial charge in [0.05, 0.1) is 12.7 Å². The molecule has 3 N–H and O–H groups in total. The Balaban J connectivity index is 2.43. The molecule has 1 amide bonds. The zero-order valence-corrected chi connectivity index (χ0v) is 10.5. The van der Waals surface area contributed by atoms with E-state index in [0.29, 0.717) is 5.56 Å². The highest BCUT2D eigenvalue weighted by Crippen LogP contribution is 2.22. The first-order valence-corrected chi connectivity index (χ1v) is 5.76. The van der Waals surface area contributed by atoms with E-state index in [-0.39, 0.29) is 6.42 Å². The highest BCUT2D eigenvalue weighted by atomic mass is 16.5. The van der Waals surface area contributed by atoms with E-state index in [9.17, 15) is 9.59 Å². The van der Waals surface area contributed by atoms with Crippen LogP contribution in [-0.2, 0) is 9.53 Å². The first kappa shape index (κ1) is 12.9. The van der Waals surface area contributed by atoms with Crippen molar-refractivity contribution in [3.63, 3.8) is 0 Å². The fourth-order valence-electron chi connectivity index (χ4n) is 1.88. The molecule has 0 bridgehead atoms. The molecule has 0 saturated carbocycles. The molecule has 5 heteroatoms. The number of benzene rings is 1. The number of esters is 1. The summed E-state index contributed by atoms with van der Waals surface area (Å²) >= 11 is 0. The fraction of sp³-hybridized carbons (Fsp3) is 0.143. The van der Waals surface area contributed by atoms with E-state index < -0.39 is 11.9 Å². The number of methoxy groups -OCH3 is 1. The topological polar surface area (TPSA) is 85.2 Å². The number of ether oxygens (including phenoxy) is 1. The van der Waals surface area contributed by atoms with E-state index in [4.69, 9.17) is 10.5 Å². The first-order valence-electron chi connectivity index (χ1n) is 5.76. The summed E-state index contributed by atoms with van der Waals surface area (Å²) in [6, 6.07) is 5.43. The highest BCUT2D eigenvalue weighted by molar-refractivity contribution is 6.04. The number of carbonyl (C=O) groups is 2. The van der Waals surface area contributed by atoms with Crippen LogP contribution in [0.4, 0.5) is 0 Å². The molecule has 5 nitrogen and oxygen atoms in total. The van der Waals surface area contributed by atoms with Gasteiger partial charge in [-0.05, 0) is 23.8 Å². The van der Waals surface area contributed by atoms with Crippen LogP contribution in [0.5, 0.6) is 0 Å². The van der Waals surface area contributed by atoms with Gasteiger partial charge in [0, 0.05) is 23.5 Å². The van der Waals surface area contributed by atoms with Gasteiger partial charge < -0.3 is 15.5 Å². The smallest absolute Gasteiger partial charge is 0.338 e. The monoisotopic (exact) mass is 258 g/mol. The van der Waals surface area contributed by atoms with Gasteiger partial charge in [-0.3, -0.25) is 4.79 Å². The second kappa shape index (κ2) is 5.39. The maximum absolute atomic E-state index is 11.7. The molecule has 19 heavy (non-hydrogen) atoms. The van der Waals surface area contributed by atoms with E-state index in [0.717, 1.165) is 16.5 Å². The van der Waals surface area contributed by atoms with Crippen LogP contribution in [0, 0.1) is 0 Å². The summed E-state index contributed by atoms with van der Waals surface area (Å²) in [5.41, 5.74) is 7.18. The molecule has 0 radical (unpaired) electrons. The zero-order chi connectivity index (χ0) is 13.8. The number of aromatic nitrogens is 1. The molecule has 2 rings (SSSR count). The van der Waals surface area contributed by atoms with E-state index in [2.05, 4.69) is 4.98 Å². The van der Waals surface area contributed by atoms with E-state index >= 15 is 0 Å². The Kier molecular flexibility index (Phi) is 3.66. The molecule has 0 atom stereocenters. The van der Waals surface area contributed by atoms with Crippen LogP contribution in [0.25, 0.3) is 17.0 Å². The minimum atomic E-state index is -0.398. The van der Waals surface area contributed by atoms with Gasteiger partial charge in [0.1, 0.15) is 0 Å². The zero-order valence-electron chi connectivity index (χ0n) is 10.5. The lowest BCUT2D eigenvalue weighted by atomic mass is 10.1. The number of amides is 1. The number of aromatic amines is 1. The Bertz CT molecular complexity index is 656. The summed E-state index contributed by atoms with van der Waals surface area (Å²) < 4.78 is 4.76. The van der Waals surface area contributed by atoms with Gasteiger partial charge in [0.15, 0.2) is 0 Å². The SMILES string of the molecule is COC(=O)c1cc(C=CCC(N)=O)cc2[nH]ccc12. The van der Waals surface area contributed by atoms with Crippen LogP contribution < -0.4 is 5.73 Å². The lowest BCUT2D eigenvalue weighted by Gasteiger charge is -2.03. The molecule has 0 unspecified atom stereocenters. The molecule has 2 aromatic rings. The molecule has 98 valence electrons. The Hall–Kier alpha value is -2.56. The number of carbonyl (C=O) groups excluding carboxylic acids is 2. The highest BCUT2D eigenvalue weighted by Gasteiger charge is 2.11. The number of hydrogen-bond donors (Lipinski definition) is 2. The summed E-state index contributed by atoms with van der Waals surface area (Å²) in [6.45, 7) is 0. The number of nitrogens with two attached hydrogens (primary N) is 1. The molecule has 0 saturated heterocycles. The Labute approximate surface area is 110 Å². The van der Waals surface area contributed by atoms with Crippen LogP contribution in [0.3, 0.4) is 0 Å². The van der Waals surface area contributed by atoms with Gasteiger partial charge in [0.2, 0.25) is 5.91 Å². The van der Waals surface area contributed by atoms with Crippen molar-refractivity contribution >= 4 is 28.9 Å². The number of nitrogens with one attached hydrogen (secondary N) is 1. The van der Waals surface area contributed by atoms with Crippen molar-refractivity contribution in [2.24, 2.45) is 5.73 Å². The number of rotatable bonds is 4. The van der Waals surface area contributed by atoms with Crippen LogP contribution in [0.2, 0.25) is 0 Å². The summed E-state index contributed by atoms with van der Waals surface area (Å²) in [7, 11) is 1.34. The molecule has 0 aliphatic rings. The Morgan fingerprint density at radius 2 is 2.21 bits per heavy atom. The predicted octanol–water partition coefficient (Wildman–Crippen LogP) is 1.84. The number of hydrogen-bond acceptors (Lipinski definition) is 3. The average Bonchev–Trinajstić information content (AvgIpc) is 2.84. The second-order valence-electron chi connectivity index (χ2n) is 4.07. The predicted molar refractivity (Wildman–Crippen MR) is 72.5 cm³/mol. The van der Waals surface area contributed by atoms with E-state index in [1.807, 2.05) is 12.1 Å². The standard InChI is InChI=1S/C14H14N2O3/c1-19-14(18)11-7-9(3-2-4-13(15)17)8-12-10(11)5-6-16-12/h2-3,5-8,16H,4H2,1H3,(H2,15,17). The van der Waals surface area contributed by atoms with E-state index in [1.54, 1.807) is 24.4 Å². The minimum Gasteiger partial charge on any atom is -0.465 e. The van der Waals surface area contributed by atoms with Gasteiger partial charge in [0.25, 0.3) is 0 Å². The number of H-pyrrole nitrogens is 1. The fourth-order valence-corrected chi connectivity index (χ4v) is 1.88. The van der Waals surface area contributed by atoms with Crippen molar-refractivity contribution in [3.8, 4) is 0 Å². The number of primary amides is 1. The first-order chi connectivity index (χ1) is 9.11. The molecular weight excluding hydrogens is 244 g/mol. The summed E-state index contributed by atoms with van der Waals surface area (Å²) in [5, 5.41) is 0.805. The average molecular weight is 258 g/mol. The van der Waals surface area contributed by atoms with Crippen molar-refractivity contribution in [1.82, 2.24) is 4.98 Å². The maximum atomic E-state index is 11.7. The van der Waals surface area contributed by atoms with Crippen LogP contribution in [-0.4, -0.2) is 24.0 Å². The van der Waals surface area contributed by atoms with Gasteiger partial charge in [-0.2, -0.15) is 0 Å². The summed E-state index contributed by atoms with van der Waals surface area (Å²) in [6.07, 6.45) is 5.33. The molecule has 0 aliphatic heterocycles. The van der Waals surface area contributed by atoms with Gasteiger partial charge >= 0.3 is 5.97 Å². The van der Waals surface area contributed by atoms with Crippen LogP contribution in [0.15, 0.2) is 30.5 Å². The normalized spacial score (nSPS) is 11.0. The van der Waals surface area contributed by atoms with Gasteiger partial charge in [-0.25, -0.2) is 4.79 Å². The summed E-state index contributed by atoms with van der Waals surface area (Å²) in [4.78, 5) is 25.4. The largest absolute Gasteiger partial charge is 0.465 e. The van der Waals surface area contributed by atoms with Crippen LogP contribution in [0.1, 0.15) is 22.3 Å². The molecule has 0 fully saturated rings. The quantitative estimate of drug-likeness (QED) is 0.820. The maximum Gasteiger partial charge on any atom is 0.338 e. The lowest BCUT2D eigenvalue weighted by molar-refractivity contribution is -0.117. The minimum absolute atomic E-state index is 0.163. The van der Waals surface area contributed by atoms with Crippen molar-refractivity contribution in [2.45, 2.75) is 6.42 Å². The third-order valence-electron chi connectivity index (χ3n) is 2.73. The third kappa shape index (κ3) is 2.82. The Morgan fingerprint density at radius 3 is 2.89 bits per heavy atom. The molecule has 0 spiro atoms.